The number of anilines is 1. The Morgan fingerprint density at radius 1 is 1.24 bits per heavy atom. The van der Waals surface area contributed by atoms with Gasteiger partial charge in [-0.1, -0.05) is 17.7 Å². The standard InChI is InChI=1S/C14H12BrClN4O/c15-11-7-19-13(8-17-11)20-4-3-10(14(20)21)5-9-1-2-12(16)18-6-9/h1-2,6-8,10H,3-5H2. The molecule has 0 saturated carbocycles. The van der Waals surface area contributed by atoms with E-state index in [2.05, 4.69) is 30.9 Å². The van der Waals surface area contributed by atoms with Crippen LogP contribution in [0.2, 0.25) is 5.15 Å². The molecular weight excluding hydrogens is 356 g/mol. The van der Waals surface area contributed by atoms with Crippen LogP contribution < -0.4 is 4.90 Å². The van der Waals surface area contributed by atoms with Gasteiger partial charge in [-0.3, -0.25) is 9.69 Å². The van der Waals surface area contributed by atoms with Crippen LogP contribution in [0.25, 0.3) is 0 Å². The van der Waals surface area contributed by atoms with Crippen molar-refractivity contribution in [2.75, 3.05) is 11.4 Å². The summed E-state index contributed by atoms with van der Waals surface area (Å²) in [5.74, 6) is 0.639. The van der Waals surface area contributed by atoms with Crippen molar-refractivity contribution in [3.8, 4) is 0 Å². The van der Waals surface area contributed by atoms with Crippen LogP contribution in [0.1, 0.15) is 12.0 Å². The van der Waals surface area contributed by atoms with Crippen LogP contribution in [0.3, 0.4) is 0 Å². The summed E-state index contributed by atoms with van der Waals surface area (Å²) in [6, 6.07) is 3.65. The number of aromatic nitrogens is 3. The van der Waals surface area contributed by atoms with E-state index in [1.807, 2.05) is 6.07 Å². The van der Waals surface area contributed by atoms with Gasteiger partial charge in [-0.15, -0.1) is 0 Å². The van der Waals surface area contributed by atoms with Gasteiger partial charge in [0.15, 0.2) is 5.82 Å². The molecule has 0 N–H and O–H groups in total. The highest BCUT2D eigenvalue weighted by Crippen LogP contribution is 2.26. The van der Waals surface area contributed by atoms with E-state index in [9.17, 15) is 4.79 Å². The fourth-order valence-electron chi connectivity index (χ4n) is 2.41. The van der Waals surface area contributed by atoms with Crippen LogP contribution in [0, 0.1) is 5.92 Å². The van der Waals surface area contributed by atoms with E-state index in [-0.39, 0.29) is 11.8 Å². The van der Waals surface area contributed by atoms with E-state index >= 15 is 0 Å². The monoisotopic (exact) mass is 366 g/mol. The molecule has 1 unspecified atom stereocenters. The van der Waals surface area contributed by atoms with Gasteiger partial charge in [-0.2, -0.15) is 0 Å². The molecule has 2 aromatic heterocycles. The molecule has 1 atom stereocenters. The summed E-state index contributed by atoms with van der Waals surface area (Å²) >= 11 is 9.00. The van der Waals surface area contributed by atoms with Gasteiger partial charge in [-0.05, 0) is 40.4 Å². The molecule has 7 heteroatoms. The predicted octanol–water partition coefficient (Wildman–Crippen LogP) is 2.88. The Labute approximate surface area is 135 Å². The van der Waals surface area contributed by atoms with Crippen LogP contribution >= 0.6 is 27.5 Å². The number of carbonyl (C=O) groups excluding carboxylic acids is 1. The zero-order valence-corrected chi connectivity index (χ0v) is 13.4. The minimum absolute atomic E-state index is 0.0431. The SMILES string of the molecule is O=C1C(Cc2ccc(Cl)nc2)CCN1c1cnc(Br)cn1. The lowest BCUT2D eigenvalue weighted by Gasteiger charge is -2.15. The van der Waals surface area contributed by atoms with Crippen molar-refractivity contribution in [1.29, 1.82) is 0 Å². The van der Waals surface area contributed by atoms with Gasteiger partial charge in [0.05, 0.1) is 12.4 Å². The second kappa shape index (κ2) is 6.07. The van der Waals surface area contributed by atoms with E-state index in [1.165, 1.54) is 0 Å². The lowest BCUT2D eigenvalue weighted by atomic mass is 9.99. The number of carbonyl (C=O) groups is 1. The maximum Gasteiger partial charge on any atom is 0.231 e. The summed E-state index contributed by atoms with van der Waals surface area (Å²) in [7, 11) is 0. The predicted molar refractivity (Wildman–Crippen MR) is 83.1 cm³/mol. The second-order valence-corrected chi connectivity index (χ2v) is 6.07. The molecule has 1 fully saturated rings. The Kier molecular flexibility index (Phi) is 4.17. The van der Waals surface area contributed by atoms with Crippen molar-refractivity contribution in [1.82, 2.24) is 15.0 Å². The Hall–Kier alpha value is -1.53. The third-order valence-corrected chi connectivity index (χ3v) is 4.10. The molecule has 0 aromatic carbocycles. The number of halogens is 2. The molecule has 108 valence electrons. The van der Waals surface area contributed by atoms with Crippen molar-refractivity contribution in [2.45, 2.75) is 12.8 Å². The number of pyridine rings is 1. The molecule has 0 radical (unpaired) electrons. The van der Waals surface area contributed by atoms with Crippen LogP contribution in [-0.2, 0) is 11.2 Å². The highest BCUT2D eigenvalue weighted by molar-refractivity contribution is 9.10. The Balaban J connectivity index is 1.71. The highest BCUT2D eigenvalue weighted by atomic mass is 79.9. The van der Waals surface area contributed by atoms with Crippen molar-refractivity contribution >= 4 is 39.3 Å². The van der Waals surface area contributed by atoms with E-state index in [4.69, 9.17) is 11.6 Å². The number of hydrogen-bond donors (Lipinski definition) is 0. The molecule has 0 aliphatic carbocycles. The Bertz CT molecular complexity index is 647. The molecule has 0 bridgehead atoms. The van der Waals surface area contributed by atoms with Crippen molar-refractivity contribution in [3.05, 3.63) is 46.0 Å². The normalized spacial score (nSPS) is 18.3. The summed E-state index contributed by atoms with van der Waals surface area (Å²) < 4.78 is 0.654. The Morgan fingerprint density at radius 2 is 2.10 bits per heavy atom. The molecule has 3 heterocycles. The molecule has 5 nitrogen and oxygen atoms in total. The van der Waals surface area contributed by atoms with Crippen molar-refractivity contribution < 1.29 is 4.79 Å². The molecule has 0 spiro atoms. The first-order chi connectivity index (χ1) is 10.1. The number of hydrogen-bond acceptors (Lipinski definition) is 4. The zero-order chi connectivity index (χ0) is 14.8. The van der Waals surface area contributed by atoms with Gasteiger partial charge >= 0.3 is 0 Å². The molecule has 1 saturated heterocycles. The second-order valence-electron chi connectivity index (χ2n) is 4.87. The van der Waals surface area contributed by atoms with Crippen molar-refractivity contribution in [3.63, 3.8) is 0 Å². The average molecular weight is 368 g/mol. The fourth-order valence-corrected chi connectivity index (χ4v) is 2.73. The van der Waals surface area contributed by atoms with Crippen LogP contribution in [0.5, 0.6) is 0 Å². The van der Waals surface area contributed by atoms with E-state index in [1.54, 1.807) is 29.6 Å². The van der Waals surface area contributed by atoms with E-state index in [0.29, 0.717) is 28.5 Å². The summed E-state index contributed by atoms with van der Waals surface area (Å²) in [4.78, 5) is 26.5. The average Bonchev–Trinajstić information content (AvgIpc) is 2.84. The smallest absolute Gasteiger partial charge is 0.231 e. The van der Waals surface area contributed by atoms with Crippen LogP contribution in [-0.4, -0.2) is 27.4 Å². The molecule has 1 amide bonds. The molecule has 3 rings (SSSR count). The van der Waals surface area contributed by atoms with Gasteiger partial charge < -0.3 is 0 Å². The summed E-state index contributed by atoms with van der Waals surface area (Å²) in [6.07, 6.45) is 6.40. The first-order valence-corrected chi connectivity index (χ1v) is 7.70. The minimum atomic E-state index is -0.0431. The van der Waals surface area contributed by atoms with Gasteiger partial charge in [0.1, 0.15) is 9.76 Å². The van der Waals surface area contributed by atoms with Crippen molar-refractivity contribution in [2.24, 2.45) is 5.92 Å². The highest BCUT2D eigenvalue weighted by Gasteiger charge is 2.33. The topological polar surface area (TPSA) is 59.0 Å². The molecule has 2 aromatic rings. The zero-order valence-electron chi connectivity index (χ0n) is 11.0. The maximum atomic E-state index is 12.5. The molecule has 1 aliphatic heterocycles. The minimum Gasteiger partial charge on any atom is -0.295 e. The molecular formula is C14H12BrClN4O. The van der Waals surface area contributed by atoms with E-state index < -0.39 is 0 Å². The lowest BCUT2D eigenvalue weighted by molar-refractivity contribution is -0.120. The van der Waals surface area contributed by atoms with Gasteiger partial charge in [0.25, 0.3) is 0 Å². The first-order valence-electron chi connectivity index (χ1n) is 6.53. The van der Waals surface area contributed by atoms with Gasteiger partial charge in [-0.25, -0.2) is 15.0 Å². The summed E-state index contributed by atoms with van der Waals surface area (Å²) in [6.45, 7) is 0.667. The molecule has 21 heavy (non-hydrogen) atoms. The van der Waals surface area contributed by atoms with Crippen LogP contribution in [0.15, 0.2) is 35.3 Å². The summed E-state index contributed by atoms with van der Waals surface area (Å²) in [5.41, 5.74) is 1.02. The third-order valence-electron chi connectivity index (χ3n) is 3.47. The molecule has 1 aliphatic rings. The van der Waals surface area contributed by atoms with Gasteiger partial charge in [0.2, 0.25) is 5.91 Å². The number of nitrogens with zero attached hydrogens (tertiary/aromatic N) is 4. The third kappa shape index (κ3) is 3.22. The quantitative estimate of drug-likeness (QED) is 0.783. The largest absolute Gasteiger partial charge is 0.295 e. The van der Waals surface area contributed by atoms with E-state index in [0.717, 1.165) is 12.0 Å². The van der Waals surface area contributed by atoms with Gasteiger partial charge in [0, 0.05) is 18.7 Å². The summed E-state index contributed by atoms with van der Waals surface area (Å²) in [5, 5.41) is 0.461. The number of amides is 1. The Morgan fingerprint density at radius 3 is 2.76 bits per heavy atom. The maximum absolute atomic E-state index is 12.5. The lowest BCUT2D eigenvalue weighted by Crippen LogP contribution is -2.28. The fraction of sp³-hybridized carbons (Fsp3) is 0.286. The van der Waals surface area contributed by atoms with Crippen LogP contribution in [0.4, 0.5) is 5.82 Å². The first kappa shape index (κ1) is 14.4. The number of rotatable bonds is 3.